The second-order valence-electron chi connectivity index (χ2n) is 3.47. The molecule has 94 valence electrons. The van der Waals surface area contributed by atoms with Gasteiger partial charge in [0, 0.05) is 13.3 Å². The number of hydrogen-bond acceptors (Lipinski definition) is 6. The Morgan fingerprint density at radius 3 is 2.89 bits per heavy atom. The second kappa shape index (κ2) is 4.80. The molecule has 2 aromatic rings. The molecular weight excluding hydrogens is 236 g/mol. The number of carbonyl (C=O) groups excluding carboxylic acids is 1. The van der Waals surface area contributed by atoms with E-state index in [2.05, 4.69) is 15.0 Å². The van der Waals surface area contributed by atoms with Crippen LogP contribution >= 0.6 is 0 Å². The van der Waals surface area contributed by atoms with E-state index in [9.17, 15) is 4.79 Å². The van der Waals surface area contributed by atoms with Crippen molar-refractivity contribution >= 4 is 22.6 Å². The van der Waals surface area contributed by atoms with Crippen LogP contribution in [-0.2, 0) is 16.3 Å². The number of nitrogens with zero attached hydrogens (tertiary/aromatic N) is 4. The summed E-state index contributed by atoms with van der Waals surface area (Å²) in [6.07, 6.45) is 3.97. The van der Waals surface area contributed by atoms with Crippen molar-refractivity contribution in [1.29, 1.82) is 0 Å². The van der Waals surface area contributed by atoms with Crippen LogP contribution in [0.5, 0.6) is 0 Å². The van der Waals surface area contributed by atoms with E-state index in [1.165, 1.54) is 6.33 Å². The highest BCUT2D eigenvalue weighted by molar-refractivity contribution is 6.20. The highest BCUT2D eigenvalue weighted by Crippen LogP contribution is 2.19. The van der Waals surface area contributed by atoms with E-state index in [4.69, 9.17) is 16.2 Å². The summed E-state index contributed by atoms with van der Waals surface area (Å²) in [7, 11) is 1.56. The van der Waals surface area contributed by atoms with E-state index in [0.29, 0.717) is 23.6 Å². The van der Waals surface area contributed by atoms with Gasteiger partial charge in [-0.15, -0.1) is 0 Å². The Labute approximate surface area is 102 Å². The van der Waals surface area contributed by atoms with Gasteiger partial charge in [0.1, 0.15) is 24.3 Å². The Morgan fingerprint density at radius 1 is 1.50 bits per heavy atom. The summed E-state index contributed by atoms with van der Waals surface area (Å²) in [5.74, 6) is -0.668. The van der Waals surface area contributed by atoms with Crippen molar-refractivity contribution in [3.8, 4) is 0 Å². The zero-order valence-corrected chi connectivity index (χ0v) is 9.70. The number of rotatable bonds is 4. The van der Waals surface area contributed by atoms with E-state index in [1.54, 1.807) is 18.0 Å². The molecule has 0 radical (unpaired) electrons. The van der Waals surface area contributed by atoms with Gasteiger partial charge in [0.15, 0.2) is 5.65 Å². The van der Waals surface area contributed by atoms with Gasteiger partial charge in [-0.05, 0) is 0 Å². The Bertz CT molecular complexity index is 618. The van der Waals surface area contributed by atoms with Crippen molar-refractivity contribution in [1.82, 2.24) is 19.5 Å². The van der Waals surface area contributed by atoms with Crippen molar-refractivity contribution in [2.24, 2.45) is 11.5 Å². The predicted octanol–water partition coefficient (Wildman–Crippen LogP) is -0.785. The third-order valence-electron chi connectivity index (χ3n) is 2.36. The molecule has 0 bridgehead atoms. The van der Waals surface area contributed by atoms with Gasteiger partial charge >= 0.3 is 0 Å². The standard InChI is InChI=1S/C10H12N6O2/c1-18-5-16-4-15-8-7(6(2-11)9(12)17)13-3-14-10(8)16/h2-4H,5,11H2,1H3,(H2,12,17)/b6-2-. The molecule has 0 atom stereocenters. The summed E-state index contributed by atoms with van der Waals surface area (Å²) < 4.78 is 6.68. The number of fused-ring (bicyclic) bond motifs is 1. The molecule has 8 heteroatoms. The van der Waals surface area contributed by atoms with Crippen LogP contribution in [0.2, 0.25) is 0 Å². The third-order valence-corrected chi connectivity index (χ3v) is 2.36. The summed E-state index contributed by atoms with van der Waals surface area (Å²) in [5.41, 5.74) is 12.0. The SMILES string of the molecule is COCn1cnc2c(/C(=C/N)C(N)=O)ncnc21. The van der Waals surface area contributed by atoms with Crippen LogP contribution in [0.15, 0.2) is 18.9 Å². The normalized spacial score (nSPS) is 11.9. The lowest BCUT2D eigenvalue weighted by molar-refractivity contribution is -0.112. The second-order valence-corrected chi connectivity index (χ2v) is 3.47. The fourth-order valence-electron chi connectivity index (χ4n) is 1.59. The number of aromatic nitrogens is 4. The fourth-order valence-corrected chi connectivity index (χ4v) is 1.59. The number of hydrogen-bond donors (Lipinski definition) is 2. The van der Waals surface area contributed by atoms with Gasteiger partial charge in [0.05, 0.1) is 11.9 Å². The van der Waals surface area contributed by atoms with Crippen LogP contribution in [0.3, 0.4) is 0 Å². The van der Waals surface area contributed by atoms with Gasteiger partial charge in [-0.25, -0.2) is 15.0 Å². The molecule has 0 aromatic carbocycles. The van der Waals surface area contributed by atoms with E-state index >= 15 is 0 Å². The van der Waals surface area contributed by atoms with Crippen LogP contribution < -0.4 is 11.5 Å². The zero-order valence-electron chi connectivity index (χ0n) is 9.70. The van der Waals surface area contributed by atoms with Gasteiger partial charge in [0.25, 0.3) is 5.91 Å². The van der Waals surface area contributed by atoms with Crippen molar-refractivity contribution in [3.63, 3.8) is 0 Å². The maximum absolute atomic E-state index is 11.3. The Hall–Kier alpha value is -2.48. The first-order valence-electron chi connectivity index (χ1n) is 5.06. The topological polar surface area (TPSA) is 122 Å². The van der Waals surface area contributed by atoms with Gasteiger partial charge < -0.3 is 16.2 Å². The molecule has 1 amide bonds. The van der Waals surface area contributed by atoms with Crippen molar-refractivity contribution < 1.29 is 9.53 Å². The lowest BCUT2D eigenvalue weighted by atomic mass is 10.1. The number of amides is 1. The van der Waals surface area contributed by atoms with Gasteiger partial charge in [0.2, 0.25) is 0 Å². The molecule has 0 aliphatic rings. The maximum Gasteiger partial charge on any atom is 0.252 e. The molecular formula is C10H12N6O2. The number of methoxy groups -OCH3 is 1. The Kier molecular flexibility index (Phi) is 3.20. The number of nitrogens with two attached hydrogens (primary N) is 2. The lowest BCUT2D eigenvalue weighted by Gasteiger charge is -2.03. The van der Waals surface area contributed by atoms with Gasteiger partial charge in [-0.1, -0.05) is 0 Å². The smallest absolute Gasteiger partial charge is 0.252 e. The molecule has 8 nitrogen and oxygen atoms in total. The lowest BCUT2D eigenvalue weighted by Crippen LogP contribution is -2.15. The van der Waals surface area contributed by atoms with Gasteiger partial charge in [-0.2, -0.15) is 0 Å². The summed E-state index contributed by atoms with van der Waals surface area (Å²) >= 11 is 0. The molecule has 2 heterocycles. The zero-order chi connectivity index (χ0) is 13.1. The third kappa shape index (κ3) is 1.89. The molecule has 0 unspecified atom stereocenters. The maximum atomic E-state index is 11.3. The highest BCUT2D eigenvalue weighted by Gasteiger charge is 2.16. The first kappa shape index (κ1) is 12.0. The molecule has 0 saturated carbocycles. The predicted molar refractivity (Wildman–Crippen MR) is 63.7 cm³/mol. The molecule has 2 aromatic heterocycles. The van der Waals surface area contributed by atoms with Crippen molar-refractivity contribution in [3.05, 3.63) is 24.5 Å². The van der Waals surface area contributed by atoms with Crippen LogP contribution in [0.4, 0.5) is 0 Å². The molecule has 0 spiro atoms. The highest BCUT2D eigenvalue weighted by atomic mass is 16.5. The molecule has 0 aliphatic heterocycles. The van der Waals surface area contributed by atoms with Crippen LogP contribution in [0.25, 0.3) is 16.7 Å². The first-order chi connectivity index (χ1) is 8.69. The van der Waals surface area contributed by atoms with E-state index < -0.39 is 5.91 Å². The minimum absolute atomic E-state index is 0.102. The molecule has 0 saturated heterocycles. The first-order valence-corrected chi connectivity index (χ1v) is 5.06. The average molecular weight is 248 g/mol. The molecule has 0 fully saturated rings. The average Bonchev–Trinajstić information content (AvgIpc) is 2.75. The van der Waals surface area contributed by atoms with E-state index in [0.717, 1.165) is 6.20 Å². The molecule has 18 heavy (non-hydrogen) atoms. The van der Waals surface area contributed by atoms with Crippen molar-refractivity contribution in [2.75, 3.05) is 7.11 Å². The van der Waals surface area contributed by atoms with E-state index in [-0.39, 0.29) is 5.57 Å². The fraction of sp³-hybridized carbons (Fsp3) is 0.200. The van der Waals surface area contributed by atoms with E-state index in [1.807, 2.05) is 0 Å². The van der Waals surface area contributed by atoms with Crippen molar-refractivity contribution in [2.45, 2.75) is 6.73 Å². The molecule has 0 aliphatic carbocycles. The molecule has 2 rings (SSSR count). The summed E-state index contributed by atoms with van der Waals surface area (Å²) in [6, 6.07) is 0. The summed E-state index contributed by atoms with van der Waals surface area (Å²) in [4.78, 5) is 23.5. The monoisotopic (exact) mass is 248 g/mol. The number of ether oxygens (including phenoxy) is 1. The minimum Gasteiger partial charge on any atom is -0.404 e. The van der Waals surface area contributed by atoms with Gasteiger partial charge in [-0.3, -0.25) is 9.36 Å². The summed E-state index contributed by atoms with van der Waals surface area (Å²) in [5, 5.41) is 0. The summed E-state index contributed by atoms with van der Waals surface area (Å²) in [6.45, 7) is 0.297. The Balaban J connectivity index is 2.63. The number of imidazole rings is 1. The Morgan fingerprint density at radius 2 is 2.28 bits per heavy atom. The van der Waals surface area contributed by atoms with Crippen LogP contribution in [0, 0.1) is 0 Å². The van der Waals surface area contributed by atoms with Crippen LogP contribution in [0.1, 0.15) is 5.69 Å². The van der Waals surface area contributed by atoms with Crippen LogP contribution in [-0.4, -0.2) is 32.5 Å². The molecule has 4 N–H and O–H groups in total. The number of primary amides is 1. The largest absolute Gasteiger partial charge is 0.404 e. The minimum atomic E-state index is -0.668. The number of carbonyl (C=O) groups is 1. The quantitative estimate of drug-likeness (QED) is 0.684.